The summed E-state index contributed by atoms with van der Waals surface area (Å²) in [5.74, 6) is 1.46. The average molecular weight is 412 g/mol. The van der Waals surface area contributed by atoms with Gasteiger partial charge in [0.25, 0.3) is 0 Å². The number of benzene rings is 1. The highest BCUT2D eigenvalue weighted by Crippen LogP contribution is 2.36. The van der Waals surface area contributed by atoms with Crippen molar-refractivity contribution in [1.29, 1.82) is 0 Å². The Labute approximate surface area is 168 Å². The monoisotopic (exact) mass is 412 g/mol. The van der Waals surface area contributed by atoms with Crippen LogP contribution in [0, 0.1) is 0 Å². The summed E-state index contributed by atoms with van der Waals surface area (Å²) in [5.41, 5.74) is 0.584. The van der Waals surface area contributed by atoms with Gasteiger partial charge in [0.05, 0.1) is 36.1 Å². The molecule has 1 aromatic carbocycles. The van der Waals surface area contributed by atoms with Crippen molar-refractivity contribution in [2.75, 3.05) is 19.0 Å². The molecule has 3 heterocycles. The fraction of sp³-hybridized carbons (Fsp3) is 0.263. The van der Waals surface area contributed by atoms with E-state index in [0.29, 0.717) is 36.2 Å². The van der Waals surface area contributed by atoms with Crippen molar-refractivity contribution in [3.63, 3.8) is 0 Å². The summed E-state index contributed by atoms with van der Waals surface area (Å²) in [6.45, 7) is 0.431. The molecule has 0 bridgehead atoms. The van der Waals surface area contributed by atoms with Gasteiger partial charge in [-0.15, -0.1) is 0 Å². The summed E-state index contributed by atoms with van der Waals surface area (Å²) in [7, 11) is -2.13. The van der Waals surface area contributed by atoms with Crippen LogP contribution in [0.1, 0.15) is 24.6 Å². The highest BCUT2D eigenvalue weighted by molar-refractivity contribution is 7.89. The zero-order valence-electron chi connectivity index (χ0n) is 15.8. The third kappa shape index (κ3) is 4.03. The predicted octanol–water partition coefficient (Wildman–Crippen LogP) is 2.54. The molecule has 1 aliphatic rings. The molecule has 0 spiro atoms. The van der Waals surface area contributed by atoms with Gasteiger partial charge in [0.2, 0.25) is 16.0 Å². The molecule has 1 unspecified atom stereocenters. The summed E-state index contributed by atoms with van der Waals surface area (Å²) in [5, 5.41) is 2.99. The van der Waals surface area contributed by atoms with Crippen LogP contribution in [0.3, 0.4) is 0 Å². The lowest BCUT2D eigenvalue weighted by molar-refractivity contribution is 0.389. The van der Waals surface area contributed by atoms with E-state index in [-0.39, 0.29) is 10.9 Å². The number of sulfonamides is 1. The van der Waals surface area contributed by atoms with Crippen LogP contribution in [0.2, 0.25) is 0 Å². The molecule has 2 aromatic heterocycles. The van der Waals surface area contributed by atoms with E-state index in [1.807, 2.05) is 0 Å². The first-order chi connectivity index (χ1) is 14.1. The van der Waals surface area contributed by atoms with E-state index < -0.39 is 10.0 Å². The molecule has 9 nitrogen and oxygen atoms in total. The number of nitrogens with one attached hydrogen (secondary N) is 1. The summed E-state index contributed by atoms with van der Waals surface area (Å²) >= 11 is 0. The Morgan fingerprint density at radius 2 is 1.90 bits per heavy atom. The molecule has 150 valence electrons. The van der Waals surface area contributed by atoms with Gasteiger partial charge >= 0.3 is 0 Å². The average Bonchev–Trinajstić information content (AvgIpc) is 3.26. The second kappa shape index (κ2) is 8.10. The molecule has 1 saturated heterocycles. The quantitative estimate of drug-likeness (QED) is 0.658. The van der Waals surface area contributed by atoms with Crippen molar-refractivity contribution >= 4 is 21.8 Å². The third-order valence-corrected chi connectivity index (χ3v) is 6.59. The normalized spacial score (nSPS) is 17.2. The standard InChI is InChI=1S/C19H20N6O3S/c1-28-14-5-7-15(8-6-14)29(26,27)25-11-2-4-17(25)16-12-20-13-18(23-16)24-19-21-9-3-10-22-19/h3,5-10,12-13,17H,2,4,11H2,1H3,(H,21,22,23,24). The van der Waals surface area contributed by atoms with Crippen LogP contribution < -0.4 is 10.1 Å². The first kappa shape index (κ1) is 19.2. The maximum absolute atomic E-state index is 13.2. The van der Waals surface area contributed by atoms with Gasteiger partial charge in [-0.2, -0.15) is 4.31 Å². The molecule has 1 atom stereocenters. The first-order valence-corrected chi connectivity index (χ1v) is 10.5. The largest absolute Gasteiger partial charge is 0.497 e. The fourth-order valence-electron chi connectivity index (χ4n) is 3.29. The van der Waals surface area contributed by atoms with Crippen molar-refractivity contribution in [2.45, 2.75) is 23.8 Å². The van der Waals surface area contributed by atoms with Gasteiger partial charge in [-0.1, -0.05) is 0 Å². The number of methoxy groups -OCH3 is 1. The van der Waals surface area contributed by atoms with E-state index in [4.69, 9.17) is 4.74 Å². The molecule has 1 N–H and O–H groups in total. The van der Waals surface area contributed by atoms with Gasteiger partial charge in [0, 0.05) is 18.9 Å². The van der Waals surface area contributed by atoms with Crippen LogP contribution in [0.25, 0.3) is 0 Å². The lowest BCUT2D eigenvalue weighted by Crippen LogP contribution is -2.31. The molecule has 0 amide bonds. The van der Waals surface area contributed by atoms with Crippen LogP contribution in [-0.4, -0.2) is 46.3 Å². The molecule has 10 heteroatoms. The molecule has 0 radical (unpaired) electrons. The van der Waals surface area contributed by atoms with Gasteiger partial charge < -0.3 is 10.1 Å². The summed E-state index contributed by atoms with van der Waals surface area (Å²) in [6.07, 6.45) is 7.82. The van der Waals surface area contributed by atoms with E-state index in [1.165, 1.54) is 4.31 Å². The van der Waals surface area contributed by atoms with Crippen molar-refractivity contribution in [3.05, 3.63) is 60.8 Å². The number of nitrogens with zero attached hydrogens (tertiary/aromatic N) is 5. The Balaban J connectivity index is 1.60. The Morgan fingerprint density at radius 1 is 1.14 bits per heavy atom. The smallest absolute Gasteiger partial charge is 0.243 e. The van der Waals surface area contributed by atoms with Gasteiger partial charge in [-0.25, -0.2) is 23.4 Å². The molecule has 1 fully saturated rings. The van der Waals surface area contributed by atoms with Crippen molar-refractivity contribution in [1.82, 2.24) is 24.2 Å². The summed E-state index contributed by atoms with van der Waals surface area (Å²) in [6, 6.07) is 7.73. The summed E-state index contributed by atoms with van der Waals surface area (Å²) < 4.78 is 33.0. The van der Waals surface area contributed by atoms with Gasteiger partial charge in [0.15, 0.2) is 5.82 Å². The maximum atomic E-state index is 13.2. The molecular formula is C19H20N6O3S. The van der Waals surface area contributed by atoms with E-state index >= 15 is 0 Å². The minimum atomic E-state index is -3.67. The lowest BCUT2D eigenvalue weighted by Gasteiger charge is -2.24. The van der Waals surface area contributed by atoms with Crippen molar-refractivity contribution < 1.29 is 13.2 Å². The zero-order valence-corrected chi connectivity index (χ0v) is 16.6. The Morgan fingerprint density at radius 3 is 2.62 bits per heavy atom. The number of hydrogen-bond donors (Lipinski definition) is 1. The number of aromatic nitrogens is 4. The Bertz CT molecular complexity index is 1080. The lowest BCUT2D eigenvalue weighted by atomic mass is 10.2. The molecule has 0 aliphatic carbocycles. The molecule has 0 saturated carbocycles. The number of rotatable bonds is 6. The highest BCUT2D eigenvalue weighted by Gasteiger charge is 2.37. The maximum Gasteiger partial charge on any atom is 0.243 e. The summed E-state index contributed by atoms with van der Waals surface area (Å²) in [4.78, 5) is 17.2. The van der Waals surface area contributed by atoms with Crippen molar-refractivity contribution in [2.24, 2.45) is 0 Å². The van der Waals surface area contributed by atoms with Crippen LogP contribution in [0.4, 0.5) is 11.8 Å². The minimum Gasteiger partial charge on any atom is -0.497 e. The van der Waals surface area contributed by atoms with Gasteiger partial charge in [-0.05, 0) is 43.2 Å². The molecule has 4 rings (SSSR count). The number of hydrogen-bond acceptors (Lipinski definition) is 8. The fourth-order valence-corrected chi connectivity index (χ4v) is 4.96. The Hall–Kier alpha value is -3.11. The van der Waals surface area contributed by atoms with Crippen LogP contribution in [0.5, 0.6) is 5.75 Å². The second-order valence-electron chi connectivity index (χ2n) is 6.48. The van der Waals surface area contributed by atoms with E-state index in [0.717, 1.165) is 6.42 Å². The zero-order chi connectivity index (χ0) is 20.3. The topological polar surface area (TPSA) is 110 Å². The SMILES string of the molecule is COc1ccc(S(=O)(=O)N2CCCC2c2cncc(Nc3ncccn3)n2)cc1. The molecule has 29 heavy (non-hydrogen) atoms. The van der Waals surface area contributed by atoms with E-state index in [2.05, 4.69) is 25.3 Å². The predicted molar refractivity (Wildman–Crippen MR) is 106 cm³/mol. The minimum absolute atomic E-state index is 0.227. The molecule has 3 aromatic rings. The number of ether oxygens (including phenoxy) is 1. The van der Waals surface area contributed by atoms with E-state index in [1.54, 1.807) is 62.2 Å². The van der Waals surface area contributed by atoms with Crippen molar-refractivity contribution in [3.8, 4) is 5.75 Å². The van der Waals surface area contributed by atoms with Crippen LogP contribution in [0.15, 0.2) is 60.0 Å². The van der Waals surface area contributed by atoms with Crippen LogP contribution >= 0.6 is 0 Å². The number of anilines is 2. The second-order valence-corrected chi connectivity index (χ2v) is 8.37. The van der Waals surface area contributed by atoms with E-state index in [9.17, 15) is 8.42 Å². The Kier molecular flexibility index (Phi) is 5.36. The molecular weight excluding hydrogens is 392 g/mol. The molecule has 1 aliphatic heterocycles. The van der Waals surface area contributed by atoms with Crippen LogP contribution in [-0.2, 0) is 10.0 Å². The third-order valence-electron chi connectivity index (χ3n) is 4.67. The van der Waals surface area contributed by atoms with Gasteiger partial charge in [0.1, 0.15) is 5.75 Å². The highest BCUT2D eigenvalue weighted by atomic mass is 32.2. The van der Waals surface area contributed by atoms with Gasteiger partial charge in [-0.3, -0.25) is 4.98 Å². The first-order valence-electron chi connectivity index (χ1n) is 9.10.